The van der Waals surface area contributed by atoms with Gasteiger partial charge in [0.05, 0.1) is 0 Å². The van der Waals surface area contributed by atoms with Crippen molar-refractivity contribution in [3.05, 3.63) is 47.8 Å². The van der Waals surface area contributed by atoms with Crippen LogP contribution in [0.25, 0.3) is 0 Å². The van der Waals surface area contributed by atoms with Gasteiger partial charge >= 0.3 is 0 Å². The molecule has 0 aromatic carbocycles. The third kappa shape index (κ3) is 8.26. The zero-order valence-corrected chi connectivity index (χ0v) is 20.3. The summed E-state index contributed by atoms with van der Waals surface area (Å²) >= 11 is 0. The molecule has 0 unspecified atom stereocenters. The van der Waals surface area contributed by atoms with Gasteiger partial charge in [0.1, 0.15) is 0 Å². The molecule has 25 heavy (non-hydrogen) atoms. The zero-order valence-electron chi connectivity index (χ0n) is 17.4. The van der Waals surface area contributed by atoms with Crippen LogP contribution in [-0.2, 0) is 17.1 Å². The van der Waals surface area contributed by atoms with Crippen molar-refractivity contribution in [3.63, 3.8) is 0 Å². The fraction of sp³-hybridized carbons (Fsp3) is 0.636. The molecule has 0 radical (unpaired) electrons. The number of hydrogen-bond acceptors (Lipinski definition) is 0. The van der Waals surface area contributed by atoms with Crippen molar-refractivity contribution in [3.8, 4) is 0 Å². The van der Waals surface area contributed by atoms with E-state index < -0.39 is 0 Å². The Kier molecular flexibility index (Phi) is 12.8. The van der Waals surface area contributed by atoms with Crippen molar-refractivity contribution in [2.45, 2.75) is 90.1 Å². The standard InChI is InChI=1S/2C11H19P.Fe/c2*1-9(2)12(10(3)4)11-7-5-6-8-11;/h5-7,9-10H,8H2,1-4H3;5-11H,1-4H3;. The van der Waals surface area contributed by atoms with Gasteiger partial charge in [-0.25, -0.2) is 0 Å². The second kappa shape index (κ2) is 12.7. The summed E-state index contributed by atoms with van der Waals surface area (Å²) < 4.78 is 0. The Morgan fingerprint density at radius 1 is 0.760 bits per heavy atom. The second-order valence-corrected chi connectivity index (χ2v) is 14.8. The average Bonchev–Trinajstić information content (AvgIpc) is 3.11. The van der Waals surface area contributed by atoms with E-state index in [0.717, 1.165) is 28.3 Å². The van der Waals surface area contributed by atoms with E-state index in [1.54, 1.807) is 5.31 Å². The molecule has 0 bridgehead atoms. The maximum absolute atomic E-state index is 2.35. The molecule has 2 rings (SSSR count). The Morgan fingerprint density at radius 3 is 1.56 bits per heavy atom. The largest absolute Gasteiger partial charge is 0.0904 e. The van der Waals surface area contributed by atoms with Crippen LogP contribution in [0, 0.1) is 0 Å². The van der Waals surface area contributed by atoms with Crippen LogP contribution >= 0.6 is 15.8 Å². The summed E-state index contributed by atoms with van der Waals surface area (Å²) in [6.07, 6.45) is 17.1. The van der Waals surface area contributed by atoms with Crippen molar-refractivity contribution in [1.82, 2.24) is 0 Å². The minimum Gasteiger partial charge on any atom is -0.0904 e. The predicted molar refractivity (Wildman–Crippen MR) is 118 cm³/mol. The smallest absolute Gasteiger partial charge is 0.0161 e. The molecule has 0 aromatic rings. The molecule has 0 aromatic heterocycles. The molecule has 0 fully saturated rings. The summed E-state index contributed by atoms with van der Waals surface area (Å²) in [5, 5.41) is 1.69. The van der Waals surface area contributed by atoms with Gasteiger partial charge in [-0.1, -0.05) is 114 Å². The second-order valence-electron chi connectivity index (χ2n) is 7.78. The first-order chi connectivity index (χ1) is 11.3. The average molecular weight is 420 g/mol. The van der Waals surface area contributed by atoms with Crippen LogP contribution < -0.4 is 0 Å². The van der Waals surface area contributed by atoms with Crippen LogP contribution in [0.4, 0.5) is 0 Å². The van der Waals surface area contributed by atoms with E-state index in [1.165, 1.54) is 6.42 Å². The van der Waals surface area contributed by atoms with Crippen LogP contribution in [0.1, 0.15) is 61.8 Å². The van der Waals surface area contributed by atoms with Crippen molar-refractivity contribution < 1.29 is 17.1 Å². The Labute approximate surface area is 170 Å². The number of allylic oxidation sites excluding steroid dienone is 8. The first-order valence-electron chi connectivity index (χ1n) is 9.52. The normalized spacial score (nSPS) is 16.5. The maximum atomic E-state index is 2.35. The SMILES string of the molecule is CC(C)P(C(C)C)C1C=CC=C1.CC(C)P(C1=CC=CC1)C(C)C.[Fe]. The summed E-state index contributed by atoms with van der Waals surface area (Å²) in [4.78, 5) is 0. The van der Waals surface area contributed by atoms with Crippen molar-refractivity contribution in [2.24, 2.45) is 0 Å². The van der Waals surface area contributed by atoms with Crippen LogP contribution in [-0.4, -0.2) is 28.3 Å². The molecule has 0 heterocycles. The molecule has 0 nitrogen and oxygen atoms in total. The van der Waals surface area contributed by atoms with Crippen molar-refractivity contribution >= 4 is 15.8 Å². The Bertz CT molecular complexity index is 456. The van der Waals surface area contributed by atoms with Gasteiger partial charge in [-0.05, 0) is 34.4 Å². The minimum absolute atomic E-state index is 0. The predicted octanol–water partition coefficient (Wildman–Crippen LogP) is 7.91. The molecule has 3 heteroatoms. The first-order valence-corrected chi connectivity index (χ1v) is 12.5. The molecule has 2 aliphatic carbocycles. The number of rotatable bonds is 6. The monoisotopic (exact) mass is 420 g/mol. The van der Waals surface area contributed by atoms with Crippen molar-refractivity contribution in [1.29, 1.82) is 0 Å². The molecule has 0 N–H and O–H groups in total. The molecular formula is C22H38FeP2. The van der Waals surface area contributed by atoms with Crippen LogP contribution in [0.5, 0.6) is 0 Å². The van der Waals surface area contributed by atoms with Gasteiger partial charge in [-0.3, -0.25) is 0 Å². The Hall–Kier alpha value is 0.339. The summed E-state index contributed by atoms with van der Waals surface area (Å²) in [7, 11) is 0.265. The summed E-state index contributed by atoms with van der Waals surface area (Å²) in [5.41, 5.74) is 4.12. The summed E-state index contributed by atoms with van der Waals surface area (Å²) in [5.74, 6) is 0. The Morgan fingerprint density at radius 2 is 1.24 bits per heavy atom. The Balaban J connectivity index is 0.000000443. The fourth-order valence-corrected chi connectivity index (χ4v) is 10.1. The van der Waals surface area contributed by atoms with Crippen LogP contribution in [0.2, 0.25) is 0 Å². The summed E-state index contributed by atoms with van der Waals surface area (Å²) in [6, 6.07) is 0. The minimum atomic E-state index is 0. The van der Waals surface area contributed by atoms with E-state index in [0.29, 0.717) is 0 Å². The van der Waals surface area contributed by atoms with Gasteiger partial charge < -0.3 is 0 Å². The first kappa shape index (κ1) is 25.3. The van der Waals surface area contributed by atoms with E-state index in [9.17, 15) is 0 Å². The third-order valence-electron chi connectivity index (χ3n) is 4.46. The van der Waals surface area contributed by atoms with Gasteiger partial charge in [-0.15, -0.1) is 0 Å². The topological polar surface area (TPSA) is 0 Å². The van der Waals surface area contributed by atoms with Gasteiger partial charge in [0, 0.05) is 22.7 Å². The molecule has 0 amide bonds. The maximum Gasteiger partial charge on any atom is 0.0161 e. The van der Waals surface area contributed by atoms with Gasteiger partial charge in [0.2, 0.25) is 0 Å². The molecular weight excluding hydrogens is 382 g/mol. The molecule has 0 spiro atoms. The van der Waals surface area contributed by atoms with E-state index in [1.807, 2.05) is 0 Å². The molecule has 0 atom stereocenters. The van der Waals surface area contributed by atoms with E-state index in [-0.39, 0.29) is 32.9 Å². The zero-order chi connectivity index (χ0) is 18.3. The molecule has 0 saturated heterocycles. The van der Waals surface area contributed by atoms with E-state index in [2.05, 4.69) is 97.9 Å². The van der Waals surface area contributed by atoms with Crippen LogP contribution in [0.15, 0.2) is 47.8 Å². The quantitative estimate of drug-likeness (QED) is 0.303. The van der Waals surface area contributed by atoms with E-state index in [4.69, 9.17) is 0 Å². The van der Waals surface area contributed by atoms with Gasteiger partial charge in [-0.2, -0.15) is 0 Å². The van der Waals surface area contributed by atoms with Crippen molar-refractivity contribution in [2.75, 3.05) is 0 Å². The molecule has 0 aliphatic heterocycles. The third-order valence-corrected chi connectivity index (χ3v) is 11.1. The van der Waals surface area contributed by atoms with Crippen LogP contribution in [0.3, 0.4) is 0 Å². The molecule has 2 aliphatic rings. The molecule has 144 valence electrons. The fourth-order valence-electron chi connectivity index (χ4n) is 3.79. The van der Waals surface area contributed by atoms with E-state index >= 15 is 0 Å². The number of hydrogen-bond donors (Lipinski definition) is 0. The van der Waals surface area contributed by atoms with Gasteiger partial charge in [0.15, 0.2) is 0 Å². The summed E-state index contributed by atoms with van der Waals surface area (Å²) in [6.45, 7) is 18.8. The van der Waals surface area contributed by atoms with Gasteiger partial charge in [0.25, 0.3) is 0 Å². The molecule has 0 saturated carbocycles.